The van der Waals surface area contributed by atoms with Crippen molar-refractivity contribution in [3.8, 4) is 5.75 Å². The first kappa shape index (κ1) is 23.5. The van der Waals surface area contributed by atoms with Gasteiger partial charge in [0.2, 0.25) is 0 Å². The number of rotatable bonds is 7. The smallest absolute Gasteiger partial charge is 0.295 e. The molecular weight excluding hydrogens is 408 g/mol. The first-order chi connectivity index (χ1) is 15.0. The minimum absolute atomic E-state index is 0.0222. The van der Waals surface area contributed by atoms with Crippen LogP contribution in [-0.2, 0) is 16.6 Å². The fraction of sp³-hybridized carbons (Fsp3) is 0.458. The predicted molar refractivity (Wildman–Crippen MR) is 122 cm³/mol. The van der Waals surface area contributed by atoms with Gasteiger partial charge in [-0.05, 0) is 59.5 Å². The molecule has 2 heterocycles. The van der Waals surface area contributed by atoms with Crippen molar-refractivity contribution in [2.45, 2.75) is 39.8 Å². The molecule has 8 heteroatoms. The molecule has 1 amide bonds. The number of likely N-dealkylation sites (tertiary alicyclic amines) is 1. The number of carbonyl (C=O) groups is 2. The molecule has 1 saturated heterocycles. The van der Waals surface area contributed by atoms with Gasteiger partial charge in [-0.2, -0.15) is 5.10 Å². The highest BCUT2D eigenvalue weighted by atomic mass is 16.5. The van der Waals surface area contributed by atoms with Crippen LogP contribution in [0.4, 0.5) is 0 Å². The molecule has 3 rings (SSSR count). The monoisotopic (exact) mass is 440 g/mol. The number of amides is 1. The maximum atomic E-state index is 13.2. The average molecular weight is 441 g/mol. The quantitative estimate of drug-likeness (QED) is 0.405. The summed E-state index contributed by atoms with van der Waals surface area (Å²) in [6.45, 7) is 8.39. The second kappa shape index (κ2) is 9.16. The summed E-state index contributed by atoms with van der Waals surface area (Å²) >= 11 is 0. The Labute approximate surface area is 189 Å². The third kappa shape index (κ3) is 4.41. The van der Waals surface area contributed by atoms with Crippen LogP contribution < -0.4 is 4.74 Å². The number of nitrogens with zero attached hydrogens (tertiary/aromatic N) is 4. The molecular formula is C24H32N4O4. The van der Waals surface area contributed by atoms with E-state index in [0.717, 1.165) is 5.69 Å². The Morgan fingerprint density at radius 2 is 1.94 bits per heavy atom. The topological polar surface area (TPSA) is 87.9 Å². The van der Waals surface area contributed by atoms with E-state index in [1.807, 2.05) is 64.0 Å². The van der Waals surface area contributed by atoms with Gasteiger partial charge in [-0.1, -0.05) is 12.1 Å². The van der Waals surface area contributed by atoms with E-state index < -0.39 is 17.7 Å². The van der Waals surface area contributed by atoms with Gasteiger partial charge in [0.15, 0.2) is 0 Å². The molecule has 32 heavy (non-hydrogen) atoms. The first-order valence-corrected chi connectivity index (χ1v) is 10.7. The van der Waals surface area contributed by atoms with Crippen LogP contribution in [0, 0.1) is 13.8 Å². The number of Topliss-reactive ketones (excluding diaryl/α,β-unsaturated/α-hetero) is 1. The standard InChI is InChI=1S/C24H32N4O4/c1-14(2)32-18-10-8-9-17(13-18)21-20(22(29)19-15(3)25-27(7)16(19)4)23(30)24(31)28(21)12-11-26(5)6/h8-10,13-14,21,29H,11-12H2,1-7H3. The molecule has 1 unspecified atom stereocenters. The van der Waals surface area contributed by atoms with Gasteiger partial charge in [0.05, 0.1) is 29.0 Å². The fourth-order valence-electron chi connectivity index (χ4n) is 4.05. The lowest BCUT2D eigenvalue weighted by Gasteiger charge is -2.27. The van der Waals surface area contributed by atoms with Gasteiger partial charge in [0.25, 0.3) is 11.7 Å². The number of hydrogen-bond acceptors (Lipinski definition) is 6. The molecule has 8 nitrogen and oxygen atoms in total. The zero-order valence-corrected chi connectivity index (χ0v) is 19.8. The summed E-state index contributed by atoms with van der Waals surface area (Å²) < 4.78 is 7.49. The largest absolute Gasteiger partial charge is 0.507 e. The van der Waals surface area contributed by atoms with Gasteiger partial charge >= 0.3 is 0 Å². The summed E-state index contributed by atoms with van der Waals surface area (Å²) in [5.41, 5.74) is 2.59. The number of benzene rings is 1. The van der Waals surface area contributed by atoms with Crippen LogP contribution in [0.2, 0.25) is 0 Å². The molecule has 1 N–H and O–H groups in total. The van der Waals surface area contributed by atoms with Gasteiger partial charge in [0.1, 0.15) is 11.5 Å². The molecule has 0 aliphatic carbocycles. The van der Waals surface area contributed by atoms with Gasteiger partial charge in [-0.15, -0.1) is 0 Å². The van der Waals surface area contributed by atoms with Gasteiger partial charge in [0, 0.05) is 25.8 Å². The average Bonchev–Trinajstić information content (AvgIpc) is 3.11. The molecule has 1 aromatic heterocycles. The summed E-state index contributed by atoms with van der Waals surface area (Å²) in [6.07, 6.45) is -0.0222. The Balaban J connectivity index is 2.20. The molecule has 2 aromatic rings. The summed E-state index contributed by atoms with van der Waals surface area (Å²) in [5.74, 6) is -0.861. The maximum absolute atomic E-state index is 13.2. The molecule has 1 atom stereocenters. The Kier molecular flexibility index (Phi) is 6.74. The third-order valence-corrected chi connectivity index (χ3v) is 5.62. The number of aliphatic hydroxyl groups is 1. The molecule has 1 fully saturated rings. The normalized spacial score (nSPS) is 18.3. The van der Waals surface area contributed by atoms with Crippen molar-refractivity contribution in [1.29, 1.82) is 0 Å². The second-order valence-electron chi connectivity index (χ2n) is 8.70. The van der Waals surface area contributed by atoms with Crippen molar-refractivity contribution in [2.75, 3.05) is 27.2 Å². The van der Waals surface area contributed by atoms with Crippen molar-refractivity contribution >= 4 is 17.4 Å². The molecule has 0 saturated carbocycles. The number of aryl methyl sites for hydroxylation is 2. The summed E-state index contributed by atoms with van der Waals surface area (Å²) in [7, 11) is 5.59. The predicted octanol–water partition coefficient (Wildman–Crippen LogP) is 2.81. The van der Waals surface area contributed by atoms with Crippen molar-refractivity contribution in [3.05, 3.63) is 52.4 Å². The fourth-order valence-corrected chi connectivity index (χ4v) is 4.05. The highest BCUT2D eigenvalue weighted by molar-refractivity contribution is 6.46. The van der Waals surface area contributed by atoms with E-state index in [1.54, 1.807) is 18.7 Å². The molecule has 0 spiro atoms. The van der Waals surface area contributed by atoms with E-state index >= 15 is 0 Å². The Morgan fingerprint density at radius 3 is 2.50 bits per heavy atom. The van der Waals surface area contributed by atoms with Crippen LogP contribution in [0.3, 0.4) is 0 Å². The van der Waals surface area contributed by atoms with Crippen LogP contribution in [-0.4, -0.2) is 69.7 Å². The van der Waals surface area contributed by atoms with Crippen LogP contribution in [0.15, 0.2) is 29.8 Å². The highest BCUT2D eigenvalue weighted by Crippen LogP contribution is 2.41. The van der Waals surface area contributed by atoms with E-state index in [-0.39, 0.29) is 17.4 Å². The molecule has 0 radical (unpaired) electrons. The van der Waals surface area contributed by atoms with E-state index in [0.29, 0.717) is 35.7 Å². The SMILES string of the molecule is Cc1nn(C)c(C)c1C(O)=C1C(=O)C(=O)N(CCN(C)C)C1c1cccc(OC(C)C)c1. The number of likely N-dealkylation sites (N-methyl/N-ethyl adjacent to an activating group) is 1. The van der Waals surface area contributed by atoms with Crippen molar-refractivity contribution in [2.24, 2.45) is 7.05 Å². The van der Waals surface area contributed by atoms with E-state index in [2.05, 4.69) is 5.10 Å². The lowest BCUT2D eigenvalue weighted by Crippen LogP contribution is -2.35. The summed E-state index contributed by atoms with van der Waals surface area (Å²) in [4.78, 5) is 29.7. The zero-order chi connectivity index (χ0) is 23.7. The van der Waals surface area contributed by atoms with Crippen molar-refractivity contribution in [1.82, 2.24) is 19.6 Å². The second-order valence-corrected chi connectivity index (χ2v) is 8.70. The molecule has 0 bridgehead atoms. The number of ketones is 1. The van der Waals surface area contributed by atoms with Gasteiger partial charge in [-0.3, -0.25) is 14.3 Å². The van der Waals surface area contributed by atoms with Crippen LogP contribution in [0.5, 0.6) is 5.75 Å². The molecule has 1 aromatic carbocycles. The molecule has 1 aliphatic heterocycles. The Bertz CT molecular complexity index is 1070. The highest BCUT2D eigenvalue weighted by Gasteiger charge is 2.46. The number of aromatic nitrogens is 2. The lowest BCUT2D eigenvalue weighted by molar-refractivity contribution is -0.140. The third-order valence-electron chi connectivity index (χ3n) is 5.62. The number of aliphatic hydroxyl groups excluding tert-OH is 1. The van der Waals surface area contributed by atoms with Gasteiger partial charge in [-0.25, -0.2) is 0 Å². The molecule has 172 valence electrons. The first-order valence-electron chi connectivity index (χ1n) is 10.7. The van der Waals surface area contributed by atoms with Crippen LogP contribution >= 0.6 is 0 Å². The minimum atomic E-state index is -0.718. The van der Waals surface area contributed by atoms with Crippen molar-refractivity contribution < 1.29 is 19.4 Å². The Morgan fingerprint density at radius 1 is 1.25 bits per heavy atom. The van der Waals surface area contributed by atoms with Crippen molar-refractivity contribution in [3.63, 3.8) is 0 Å². The maximum Gasteiger partial charge on any atom is 0.295 e. The molecule has 1 aliphatic rings. The zero-order valence-electron chi connectivity index (χ0n) is 19.8. The lowest BCUT2D eigenvalue weighted by atomic mass is 9.94. The van der Waals surface area contributed by atoms with E-state index in [9.17, 15) is 14.7 Å². The van der Waals surface area contributed by atoms with Gasteiger partial charge < -0.3 is 19.6 Å². The Hall–Kier alpha value is -3.13. The van der Waals surface area contributed by atoms with E-state index in [4.69, 9.17) is 4.74 Å². The number of carbonyl (C=O) groups excluding carboxylic acids is 2. The summed E-state index contributed by atoms with van der Waals surface area (Å²) in [5, 5.41) is 15.7. The number of ether oxygens (including phenoxy) is 1. The summed E-state index contributed by atoms with van der Waals surface area (Å²) in [6, 6.07) is 6.63. The minimum Gasteiger partial charge on any atom is -0.507 e. The van der Waals surface area contributed by atoms with Crippen LogP contribution in [0.25, 0.3) is 5.76 Å². The van der Waals surface area contributed by atoms with E-state index in [1.165, 1.54) is 4.90 Å². The number of hydrogen-bond donors (Lipinski definition) is 1. The van der Waals surface area contributed by atoms with Crippen LogP contribution in [0.1, 0.15) is 42.4 Å².